The van der Waals surface area contributed by atoms with Crippen molar-refractivity contribution in [2.75, 3.05) is 26.2 Å². The fourth-order valence-electron chi connectivity index (χ4n) is 2.66. The third-order valence-electron chi connectivity index (χ3n) is 4.00. The van der Waals surface area contributed by atoms with E-state index in [0.717, 1.165) is 45.9 Å². The molecule has 4 nitrogen and oxygen atoms in total. The molecule has 3 rings (SSSR count). The van der Waals surface area contributed by atoms with Crippen molar-refractivity contribution in [1.82, 2.24) is 9.80 Å². The molecule has 1 aromatic heterocycles. The molecule has 0 radical (unpaired) electrons. The van der Waals surface area contributed by atoms with Crippen LogP contribution in [0.25, 0.3) is 0 Å². The molecule has 24 heavy (non-hydrogen) atoms. The van der Waals surface area contributed by atoms with E-state index in [9.17, 15) is 4.79 Å². The summed E-state index contributed by atoms with van der Waals surface area (Å²) in [4.78, 5) is 17.6. The Morgan fingerprint density at radius 2 is 1.83 bits per heavy atom. The summed E-state index contributed by atoms with van der Waals surface area (Å²) in [7, 11) is 0. The van der Waals surface area contributed by atoms with Crippen molar-refractivity contribution in [1.29, 1.82) is 5.26 Å². The third kappa shape index (κ3) is 4.06. The second-order valence-corrected chi connectivity index (χ2v) is 8.83. The van der Waals surface area contributed by atoms with Gasteiger partial charge in [0.05, 0.1) is 20.3 Å². The van der Waals surface area contributed by atoms with Crippen molar-refractivity contribution < 1.29 is 4.79 Å². The zero-order valence-electron chi connectivity index (χ0n) is 12.8. The van der Waals surface area contributed by atoms with Crippen molar-refractivity contribution in [2.45, 2.75) is 6.54 Å². The van der Waals surface area contributed by atoms with Gasteiger partial charge in [-0.3, -0.25) is 9.69 Å². The first-order chi connectivity index (χ1) is 11.6. The number of hydrogen-bond donors (Lipinski definition) is 0. The van der Waals surface area contributed by atoms with Crippen molar-refractivity contribution in [3.63, 3.8) is 0 Å². The van der Waals surface area contributed by atoms with E-state index in [4.69, 9.17) is 5.26 Å². The van der Waals surface area contributed by atoms with Crippen LogP contribution in [0.3, 0.4) is 0 Å². The van der Waals surface area contributed by atoms with Crippen LogP contribution in [0.2, 0.25) is 0 Å². The van der Waals surface area contributed by atoms with E-state index in [-0.39, 0.29) is 5.91 Å². The first-order valence-electron chi connectivity index (χ1n) is 7.52. The molecule has 1 saturated heterocycles. The Labute approximate surface area is 161 Å². The Hall–Kier alpha value is -1.20. The second-order valence-electron chi connectivity index (χ2n) is 5.61. The van der Waals surface area contributed by atoms with Crippen molar-refractivity contribution in [3.8, 4) is 6.07 Å². The third-order valence-corrected chi connectivity index (χ3v) is 7.25. The average molecular weight is 469 g/mol. The average Bonchev–Trinajstić information content (AvgIpc) is 2.95. The molecule has 124 valence electrons. The predicted octanol–water partition coefficient (Wildman–Crippen LogP) is 4.10. The van der Waals surface area contributed by atoms with Gasteiger partial charge in [0.15, 0.2) is 0 Å². The number of carbonyl (C=O) groups excluding carboxylic acids is 1. The summed E-state index contributed by atoms with van der Waals surface area (Å²) in [6, 6.07) is 11.7. The lowest BCUT2D eigenvalue weighted by atomic mass is 10.1. The minimum Gasteiger partial charge on any atom is -0.335 e. The lowest BCUT2D eigenvalue weighted by molar-refractivity contribution is 0.0633. The highest BCUT2D eigenvalue weighted by atomic mass is 79.9. The van der Waals surface area contributed by atoms with E-state index in [1.54, 1.807) is 0 Å². The van der Waals surface area contributed by atoms with Gasteiger partial charge in [-0.05, 0) is 55.6 Å². The molecule has 1 aliphatic rings. The van der Waals surface area contributed by atoms with Crippen LogP contribution >= 0.6 is 43.2 Å². The lowest BCUT2D eigenvalue weighted by Gasteiger charge is -2.34. The Bertz CT molecular complexity index is 755. The molecular weight excluding hydrogens is 454 g/mol. The van der Waals surface area contributed by atoms with E-state index in [1.165, 1.54) is 16.9 Å². The highest BCUT2D eigenvalue weighted by Crippen LogP contribution is 2.33. The van der Waals surface area contributed by atoms with Crippen LogP contribution in [0.15, 0.2) is 38.6 Å². The Kier molecular flexibility index (Phi) is 5.72. The minimum absolute atomic E-state index is 0.101. The van der Waals surface area contributed by atoms with Crippen LogP contribution in [-0.2, 0) is 6.54 Å². The zero-order valence-corrected chi connectivity index (χ0v) is 16.8. The second kappa shape index (κ2) is 7.79. The summed E-state index contributed by atoms with van der Waals surface area (Å²) >= 11 is 8.33. The van der Waals surface area contributed by atoms with E-state index >= 15 is 0 Å². The van der Waals surface area contributed by atoms with Gasteiger partial charge >= 0.3 is 0 Å². The first-order valence-corrected chi connectivity index (χ1v) is 9.92. The smallest absolute Gasteiger partial charge is 0.264 e. The maximum Gasteiger partial charge on any atom is 0.264 e. The van der Waals surface area contributed by atoms with E-state index in [2.05, 4.69) is 42.8 Å². The fourth-order valence-corrected chi connectivity index (χ4v) is 4.66. The summed E-state index contributed by atoms with van der Waals surface area (Å²) in [6.45, 7) is 4.05. The van der Waals surface area contributed by atoms with E-state index in [0.29, 0.717) is 5.56 Å². The van der Waals surface area contributed by atoms with Gasteiger partial charge in [-0.15, -0.1) is 11.3 Å². The molecule has 0 bridgehead atoms. The van der Waals surface area contributed by atoms with E-state index < -0.39 is 0 Å². The van der Waals surface area contributed by atoms with Gasteiger partial charge in [-0.1, -0.05) is 12.1 Å². The normalized spacial score (nSPS) is 15.3. The largest absolute Gasteiger partial charge is 0.335 e. The number of nitriles is 1. The number of rotatable bonds is 3. The van der Waals surface area contributed by atoms with Crippen LogP contribution in [0, 0.1) is 11.3 Å². The predicted molar refractivity (Wildman–Crippen MR) is 102 cm³/mol. The van der Waals surface area contributed by atoms with Crippen molar-refractivity contribution in [3.05, 3.63) is 54.6 Å². The molecular formula is C17H15Br2N3OS. The van der Waals surface area contributed by atoms with Gasteiger partial charge in [-0.25, -0.2) is 0 Å². The van der Waals surface area contributed by atoms with Gasteiger partial charge < -0.3 is 4.90 Å². The van der Waals surface area contributed by atoms with Crippen LogP contribution in [0.4, 0.5) is 0 Å². The molecule has 0 aliphatic carbocycles. The Morgan fingerprint density at radius 1 is 1.17 bits per heavy atom. The summed E-state index contributed by atoms with van der Waals surface area (Å²) in [5.41, 5.74) is 1.88. The SMILES string of the molecule is N#Cc1ccc(CN2CCN(C(=O)c3cc(Br)c(Br)s3)CC2)cc1. The maximum absolute atomic E-state index is 12.5. The molecule has 1 aliphatic heterocycles. The van der Waals surface area contributed by atoms with Crippen LogP contribution in [0.5, 0.6) is 0 Å². The van der Waals surface area contributed by atoms with E-state index in [1.807, 2.05) is 35.2 Å². The number of piperazine rings is 1. The molecule has 1 aromatic carbocycles. The monoisotopic (exact) mass is 467 g/mol. The first kappa shape index (κ1) is 17.6. The number of amides is 1. The molecule has 2 heterocycles. The van der Waals surface area contributed by atoms with Gasteiger partial charge in [0.1, 0.15) is 0 Å². The molecule has 2 aromatic rings. The molecule has 1 fully saturated rings. The Morgan fingerprint density at radius 3 is 2.38 bits per heavy atom. The Balaban J connectivity index is 1.55. The summed E-state index contributed by atoms with van der Waals surface area (Å²) < 4.78 is 1.88. The molecule has 0 spiro atoms. The zero-order chi connectivity index (χ0) is 17.1. The topological polar surface area (TPSA) is 47.3 Å². The fraction of sp³-hybridized carbons (Fsp3) is 0.294. The van der Waals surface area contributed by atoms with Crippen LogP contribution < -0.4 is 0 Å². The summed E-state index contributed by atoms with van der Waals surface area (Å²) in [5.74, 6) is 0.101. The number of carbonyl (C=O) groups is 1. The number of benzene rings is 1. The number of thiophene rings is 1. The summed E-state index contributed by atoms with van der Waals surface area (Å²) in [5, 5.41) is 8.84. The van der Waals surface area contributed by atoms with Gasteiger partial charge in [0, 0.05) is 37.2 Å². The molecule has 1 amide bonds. The van der Waals surface area contributed by atoms with Gasteiger partial charge in [0.2, 0.25) is 0 Å². The summed E-state index contributed by atoms with van der Waals surface area (Å²) in [6.07, 6.45) is 0. The molecule has 7 heteroatoms. The van der Waals surface area contributed by atoms with Crippen molar-refractivity contribution in [2.24, 2.45) is 0 Å². The molecule has 0 atom stereocenters. The van der Waals surface area contributed by atoms with Gasteiger partial charge in [-0.2, -0.15) is 5.26 Å². The van der Waals surface area contributed by atoms with Crippen molar-refractivity contribution >= 4 is 49.1 Å². The molecule has 0 unspecified atom stereocenters. The molecule has 0 N–H and O–H groups in total. The number of halogens is 2. The lowest BCUT2D eigenvalue weighted by Crippen LogP contribution is -2.48. The quantitative estimate of drug-likeness (QED) is 0.681. The van der Waals surface area contributed by atoms with Crippen LogP contribution in [-0.4, -0.2) is 41.9 Å². The minimum atomic E-state index is 0.101. The standard InChI is InChI=1S/C17H15Br2N3OS/c18-14-9-15(24-16(14)19)17(23)22-7-5-21(6-8-22)11-13-3-1-12(10-20)2-4-13/h1-4,9H,5-8,11H2. The highest BCUT2D eigenvalue weighted by Gasteiger charge is 2.23. The number of hydrogen-bond acceptors (Lipinski definition) is 4. The molecule has 0 saturated carbocycles. The van der Waals surface area contributed by atoms with Crippen LogP contribution in [0.1, 0.15) is 20.8 Å². The van der Waals surface area contributed by atoms with Gasteiger partial charge in [0.25, 0.3) is 5.91 Å². The number of nitrogens with zero attached hydrogens (tertiary/aromatic N) is 3. The highest BCUT2D eigenvalue weighted by molar-refractivity contribution is 9.13. The maximum atomic E-state index is 12.5.